The lowest BCUT2D eigenvalue weighted by Gasteiger charge is -2.22. The van der Waals surface area contributed by atoms with Gasteiger partial charge in [-0.25, -0.2) is 4.98 Å². The Bertz CT molecular complexity index is 714. The van der Waals surface area contributed by atoms with Gasteiger partial charge >= 0.3 is 0 Å². The maximum Gasteiger partial charge on any atom is 0.226 e. The number of thiazole rings is 1. The number of fused-ring (bicyclic) bond motifs is 1. The van der Waals surface area contributed by atoms with E-state index in [1.54, 1.807) is 23.5 Å². The monoisotopic (exact) mass is 319 g/mol. The van der Waals surface area contributed by atoms with Crippen LogP contribution in [0.25, 0.3) is 0 Å². The number of phenolic OH excluding ortho intramolecular Hbond substituents is 1. The summed E-state index contributed by atoms with van der Waals surface area (Å²) < 4.78 is 5.16. The molecule has 1 aromatic heterocycles. The summed E-state index contributed by atoms with van der Waals surface area (Å²) >= 11 is 1.54. The van der Waals surface area contributed by atoms with Gasteiger partial charge in [0.2, 0.25) is 5.91 Å². The van der Waals surface area contributed by atoms with Crippen molar-refractivity contribution in [1.29, 1.82) is 0 Å². The first kappa shape index (κ1) is 14.6. The number of nitrogens with zero attached hydrogens (tertiary/aromatic N) is 1. The molecule has 116 valence electrons. The first-order chi connectivity index (χ1) is 10.6. The Morgan fingerprint density at radius 3 is 3.09 bits per heavy atom. The smallest absolute Gasteiger partial charge is 0.226 e. The van der Waals surface area contributed by atoms with Crippen molar-refractivity contribution in [3.05, 3.63) is 28.6 Å². The van der Waals surface area contributed by atoms with Crippen LogP contribution in [0.1, 0.15) is 29.7 Å². The van der Waals surface area contributed by atoms with Crippen molar-refractivity contribution >= 4 is 28.2 Å². The predicted molar refractivity (Wildman–Crippen MR) is 86.0 cm³/mol. The number of aromatic hydroxyl groups is 1. The summed E-state index contributed by atoms with van der Waals surface area (Å²) in [7, 11) is 1.51. The van der Waals surface area contributed by atoms with Gasteiger partial charge in [-0.1, -0.05) is 17.4 Å². The number of rotatable bonds is 4. The molecule has 0 radical (unpaired) electrons. The molecule has 22 heavy (non-hydrogen) atoms. The molecule has 0 saturated heterocycles. The summed E-state index contributed by atoms with van der Waals surface area (Å²) in [6.07, 6.45) is 0.356. The third-order valence-corrected chi connectivity index (χ3v) is 4.68. The molecule has 0 aliphatic carbocycles. The molecule has 1 aliphatic rings. The highest BCUT2D eigenvalue weighted by Crippen LogP contribution is 2.43. The van der Waals surface area contributed by atoms with Crippen LogP contribution in [0.5, 0.6) is 11.5 Å². The Morgan fingerprint density at radius 1 is 1.55 bits per heavy atom. The van der Waals surface area contributed by atoms with Gasteiger partial charge < -0.3 is 20.5 Å². The molecular weight excluding hydrogens is 302 g/mol. The van der Waals surface area contributed by atoms with Gasteiger partial charge in [-0.3, -0.25) is 4.79 Å². The average molecular weight is 319 g/mol. The Labute approximate surface area is 132 Å². The van der Waals surface area contributed by atoms with E-state index in [0.717, 1.165) is 22.1 Å². The standard InChI is InChI=1S/C15H17N3O3S/c1-3-16-15-18-14-13(22-15)9(7-12(20)17-14)8-4-5-10(19)11(6-8)21-2/h4-6,9,19H,3,7H2,1-2H3,(H,16,18)(H,17,20)/t9-/m0/s1. The zero-order valence-corrected chi connectivity index (χ0v) is 13.2. The molecular formula is C15H17N3O3S. The minimum Gasteiger partial charge on any atom is -0.504 e. The number of carbonyl (C=O) groups is 1. The lowest BCUT2D eigenvalue weighted by atomic mass is 9.91. The maximum atomic E-state index is 12.0. The molecule has 2 aromatic rings. The third-order valence-electron chi connectivity index (χ3n) is 3.55. The molecule has 1 aromatic carbocycles. The van der Waals surface area contributed by atoms with E-state index in [2.05, 4.69) is 15.6 Å². The van der Waals surface area contributed by atoms with Crippen molar-refractivity contribution in [2.24, 2.45) is 0 Å². The molecule has 0 bridgehead atoms. The molecule has 2 heterocycles. The number of hydrogen-bond acceptors (Lipinski definition) is 6. The van der Waals surface area contributed by atoms with Gasteiger partial charge in [0.15, 0.2) is 16.6 Å². The van der Waals surface area contributed by atoms with E-state index in [1.165, 1.54) is 7.11 Å². The Hall–Kier alpha value is -2.28. The fourth-order valence-electron chi connectivity index (χ4n) is 2.53. The summed E-state index contributed by atoms with van der Waals surface area (Å²) in [6.45, 7) is 2.78. The molecule has 6 nitrogen and oxygen atoms in total. The number of benzene rings is 1. The first-order valence-corrected chi connectivity index (χ1v) is 7.85. The van der Waals surface area contributed by atoms with E-state index in [0.29, 0.717) is 18.0 Å². The number of amides is 1. The number of ether oxygens (including phenoxy) is 1. The maximum absolute atomic E-state index is 12.0. The van der Waals surface area contributed by atoms with Gasteiger partial charge in [0, 0.05) is 18.9 Å². The summed E-state index contributed by atoms with van der Waals surface area (Å²) in [6, 6.07) is 5.18. The number of aromatic nitrogens is 1. The van der Waals surface area contributed by atoms with Crippen molar-refractivity contribution in [2.75, 3.05) is 24.3 Å². The molecule has 3 rings (SSSR count). The number of carbonyl (C=O) groups excluding carboxylic acids is 1. The molecule has 1 atom stereocenters. The van der Waals surface area contributed by atoms with Gasteiger partial charge in [-0.15, -0.1) is 0 Å². The second-order valence-electron chi connectivity index (χ2n) is 5.00. The summed E-state index contributed by atoms with van der Waals surface area (Å²) in [5, 5.41) is 16.5. The molecule has 3 N–H and O–H groups in total. The molecule has 1 amide bonds. The summed E-state index contributed by atoms with van der Waals surface area (Å²) in [5.74, 6) is 0.973. The lowest BCUT2D eigenvalue weighted by molar-refractivity contribution is -0.116. The highest BCUT2D eigenvalue weighted by molar-refractivity contribution is 7.16. The Kier molecular flexibility index (Phi) is 3.89. The fourth-order valence-corrected chi connectivity index (χ4v) is 3.64. The van der Waals surface area contributed by atoms with Crippen LogP contribution in [0.3, 0.4) is 0 Å². The number of anilines is 2. The largest absolute Gasteiger partial charge is 0.504 e. The van der Waals surface area contributed by atoms with Crippen LogP contribution >= 0.6 is 11.3 Å². The summed E-state index contributed by atoms with van der Waals surface area (Å²) in [4.78, 5) is 17.4. The topological polar surface area (TPSA) is 83.5 Å². The SMILES string of the molecule is CCNc1nc2c(s1)[C@H](c1ccc(O)c(OC)c1)CC(=O)N2. The highest BCUT2D eigenvalue weighted by Gasteiger charge is 2.30. The van der Waals surface area contributed by atoms with E-state index in [4.69, 9.17) is 4.74 Å². The highest BCUT2D eigenvalue weighted by atomic mass is 32.1. The minimum atomic E-state index is -0.0804. The number of nitrogens with one attached hydrogen (secondary N) is 2. The number of methoxy groups -OCH3 is 1. The zero-order valence-electron chi connectivity index (χ0n) is 12.3. The summed E-state index contributed by atoms with van der Waals surface area (Å²) in [5.41, 5.74) is 0.928. The quantitative estimate of drug-likeness (QED) is 0.807. The van der Waals surface area contributed by atoms with Gasteiger partial charge in [0.25, 0.3) is 0 Å². The first-order valence-electron chi connectivity index (χ1n) is 7.03. The van der Waals surface area contributed by atoms with Crippen molar-refractivity contribution in [1.82, 2.24) is 4.98 Å². The number of hydrogen-bond donors (Lipinski definition) is 3. The van der Waals surface area contributed by atoms with E-state index < -0.39 is 0 Å². The predicted octanol–water partition coefficient (Wildman–Crippen LogP) is 2.76. The normalized spacial score (nSPS) is 16.8. The lowest BCUT2D eigenvalue weighted by Crippen LogP contribution is -2.22. The van der Waals surface area contributed by atoms with Crippen molar-refractivity contribution < 1.29 is 14.6 Å². The van der Waals surface area contributed by atoms with Crippen molar-refractivity contribution in [2.45, 2.75) is 19.3 Å². The van der Waals surface area contributed by atoms with Gasteiger partial charge in [-0.05, 0) is 24.6 Å². The molecule has 0 spiro atoms. The Morgan fingerprint density at radius 2 is 2.36 bits per heavy atom. The van der Waals surface area contributed by atoms with Crippen LogP contribution < -0.4 is 15.4 Å². The van der Waals surface area contributed by atoms with Gasteiger partial charge in [0.05, 0.1) is 12.0 Å². The van der Waals surface area contributed by atoms with Gasteiger partial charge in [-0.2, -0.15) is 0 Å². The van der Waals surface area contributed by atoms with E-state index in [-0.39, 0.29) is 17.6 Å². The Balaban J connectivity index is 2.02. The van der Waals surface area contributed by atoms with E-state index in [1.807, 2.05) is 13.0 Å². The number of phenols is 1. The molecule has 7 heteroatoms. The molecule has 1 aliphatic heterocycles. The molecule has 0 unspecified atom stereocenters. The zero-order chi connectivity index (χ0) is 15.7. The third kappa shape index (κ3) is 2.59. The molecule has 0 fully saturated rings. The van der Waals surface area contributed by atoms with Crippen molar-refractivity contribution in [3.63, 3.8) is 0 Å². The minimum absolute atomic E-state index is 0.0575. The van der Waals surface area contributed by atoms with Crippen LogP contribution in [-0.4, -0.2) is 29.7 Å². The van der Waals surface area contributed by atoms with Crippen LogP contribution in [0.2, 0.25) is 0 Å². The van der Waals surface area contributed by atoms with Gasteiger partial charge in [0.1, 0.15) is 5.82 Å². The fraction of sp³-hybridized carbons (Fsp3) is 0.333. The van der Waals surface area contributed by atoms with Crippen LogP contribution in [-0.2, 0) is 4.79 Å². The van der Waals surface area contributed by atoms with E-state index >= 15 is 0 Å². The van der Waals surface area contributed by atoms with Crippen LogP contribution in [0, 0.1) is 0 Å². The van der Waals surface area contributed by atoms with Crippen molar-refractivity contribution in [3.8, 4) is 11.5 Å². The molecule has 0 saturated carbocycles. The average Bonchev–Trinajstić information content (AvgIpc) is 2.89. The van der Waals surface area contributed by atoms with E-state index in [9.17, 15) is 9.90 Å². The van der Waals surface area contributed by atoms with Crippen LogP contribution in [0.4, 0.5) is 10.9 Å². The second kappa shape index (κ2) is 5.84. The van der Waals surface area contributed by atoms with Crippen LogP contribution in [0.15, 0.2) is 18.2 Å². The second-order valence-corrected chi connectivity index (χ2v) is 6.03.